The largest absolute Gasteiger partial charge is 0.462 e. The van der Waals surface area contributed by atoms with Crippen molar-refractivity contribution in [2.24, 2.45) is 11.8 Å². The highest BCUT2D eigenvalue weighted by Crippen LogP contribution is 2.26. The fraction of sp³-hybridized carbons (Fsp3) is 0.600. The van der Waals surface area contributed by atoms with Crippen molar-refractivity contribution in [1.29, 1.82) is 0 Å². The first kappa shape index (κ1) is 18.5. The fourth-order valence-electron chi connectivity index (χ4n) is 2.98. The average molecular weight is 332 g/mol. The molecule has 0 unspecified atom stereocenters. The van der Waals surface area contributed by atoms with Crippen LogP contribution in [0.1, 0.15) is 73.1 Å². The van der Waals surface area contributed by atoms with E-state index in [1.54, 1.807) is 24.3 Å². The molecule has 1 saturated carbocycles. The first-order valence-corrected chi connectivity index (χ1v) is 9.00. The number of hydrogen-bond acceptors (Lipinski definition) is 4. The molecular formula is C20H28O4. The third-order valence-corrected chi connectivity index (χ3v) is 4.37. The number of carbonyl (C=O) groups excluding carboxylic acids is 2. The summed E-state index contributed by atoms with van der Waals surface area (Å²) in [5, 5.41) is 0. The van der Waals surface area contributed by atoms with E-state index in [-0.39, 0.29) is 11.9 Å². The predicted octanol–water partition coefficient (Wildman–Crippen LogP) is 4.63. The highest BCUT2D eigenvalue weighted by Gasteiger charge is 2.16. The molecule has 0 amide bonds. The van der Waals surface area contributed by atoms with Crippen molar-refractivity contribution in [3.8, 4) is 0 Å². The van der Waals surface area contributed by atoms with Crippen molar-refractivity contribution in [2.45, 2.75) is 52.4 Å². The van der Waals surface area contributed by atoms with E-state index in [0.29, 0.717) is 30.3 Å². The van der Waals surface area contributed by atoms with E-state index >= 15 is 0 Å². The van der Waals surface area contributed by atoms with Crippen LogP contribution in [-0.2, 0) is 9.47 Å². The van der Waals surface area contributed by atoms with Crippen LogP contribution >= 0.6 is 0 Å². The normalized spacial score (nSPS) is 15.3. The second-order valence-electron chi connectivity index (χ2n) is 7.00. The molecule has 1 aliphatic carbocycles. The third-order valence-electron chi connectivity index (χ3n) is 4.37. The van der Waals surface area contributed by atoms with Gasteiger partial charge in [-0.1, -0.05) is 52.0 Å². The summed E-state index contributed by atoms with van der Waals surface area (Å²) in [6.07, 6.45) is 7.33. The summed E-state index contributed by atoms with van der Waals surface area (Å²) < 4.78 is 10.6. The molecule has 4 nitrogen and oxygen atoms in total. The van der Waals surface area contributed by atoms with Gasteiger partial charge in [0, 0.05) is 0 Å². The molecule has 0 heterocycles. The number of benzene rings is 1. The van der Waals surface area contributed by atoms with Gasteiger partial charge in [0.1, 0.15) is 0 Å². The van der Waals surface area contributed by atoms with Gasteiger partial charge in [0.2, 0.25) is 0 Å². The lowest BCUT2D eigenvalue weighted by molar-refractivity contribution is 0.0458. The van der Waals surface area contributed by atoms with Crippen LogP contribution in [-0.4, -0.2) is 25.2 Å². The smallest absolute Gasteiger partial charge is 0.338 e. The average Bonchev–Trinajstić information content (AvgIpc) is 2.60. The number of esters is 2. The lowest BCUT2D eigenvalue weighted by atomic mass is 9.87. The standard InChI is InChI=1S/C20H28O4/c1-15(2)14-24-20(22)18-10-6-9-17(13-18)19(21)23-12-11-16-7-4-3-5-8-16/h6,9-10,13,15-16H,3-5,7-8,11-12,14H2,1-2H3. The number of rotatable bonds is 7. The molecule has 1 aliphatic rings. The second kappa shape index (κ2) is 9.45. The lowest BCUT2D eigenvalue weighted by Crippen LogP contribution is -2.14. The van der Waals surface area contributed by atoms with Crippen LogP contribution in [0.5, 0.6) is 0 Å². The Bertz CT molecular complexity index is 544. The van der Waals surface area contributed by atoms with Crippen LogP contribution in [0.3, 0.4) is 0 Å². The topological polar surface area (TPSA) is 52.6 Å². The SMILES string of the molecule is CC(C)COC(=O)c1cccc(C(=O)OCCC2CCCCC2)c1. The molecule has 4 heteroatoms. The van der Waals surface area contributed by atoms with Crippen LogP contribution < -0.4 is 0 Å². The van der Waals surface area contributed by atoms with Crippen molar-refractivity contribution in [1.82, 2.24) is 0 Å². The van der Waals surface area contributed by atoms with E-state index < -0.39 is 5.97 Å². The zero-order chi connectivity index (χ0) is 17.4. The molecule has 1 aromatic carbocycles. The van der Waals surface area contributed by atoms with Crippen LogP contribution in [0.25, 0.3) is 0 Å². The van der Waals surface area contributed by atoms with Gasteiger partial charge in [-0.2, -0.15) is 0 Å². The Balaban J connectivity index is 1.83. The van der Waals surface area contributed by atoms with E-state index in [4.69, 9.17) is 9.47 Å². The van der Waals surface area contributed by atoms with Crippen molar-refractivity contribution in [3.05, 3.63) is 35.4 Å². The molecule has 0 saturated heterocycles. The van der Waals surface area contributed by atoms with Crippen LogP contribution in [0.15, 0.2) is 24.3 Å². The van der Waals surface area contributed by atoms with E-state index in [0.717, 1.165) is 6.42 Å². The summed E-state index contributed by atoms with van der Waals surface area (Å²) in [6, 6.07) is 6.55. The summed E-state index contributed by atoms with van der Waals surface area (Å²) in [5.74, 6) is 0.190. The maximum absolute atomic E-state index is 12.2. The number of ether oxygens (including phenoxy) is 2. The Hall–Kier alpha value is -1.84. The molecule has 0 radical (unpaired) electrons. The van der Waals surface area contributed by atoms with Crippen LogP contribution in [0.2, 0.25) is 0 Å². The Kier molecular flexibility index (Phi) is 7.29. The number of carbonyl (C=O) groups is 2. The van der Waals surface area contributed by atoms with Crippen molar-refractivity contribution in [3.63, 3.8) is 0 Å². The van der Waals surface area contributed by atoms with Gasteiger partial charge in [0.05, 0.1) is 24.3 Å². The summed E-state index contributed by atoms with van der Waals surface area (Å²) in [5.41, 5.74) is 0.787. The zero-order valence-corrected chi connectivity index (χ0v) is 14.8. The van der Waals surface area contributed by atoms with E-state index in [2.05, 4.69) is 0 Å². The highest BCUT2D eigenvalue weighted by atomic mass is 16.5. The molecule has 0 aromatic heterocycles. The highest BCUT2D eigenvalue weighted by molar-refractivity contribution is 5.95. The molecule has 1 aromatic rings. The minimum absolute atomic E-state index is 0.280. The lowest BCUT2D eigenvalue weighted by Gasteiger charge is -2.21. The minimum atomic E-state index is -0.402. The monoisotopic (exact) mass is 332 g/mol. The Morgan fingerprint density at radius 3 is 2.29 bits per heavy atom. The summed E-state index contributed by atoms with van der Waals surface area (Å²) in [4.78, 5) is 24.1. The molecule has 2 rings (SSSR count). The molecule has 0 spiro atoms. The van der Waals surface area contributed by atoms with E-state index in [1.165, 1.54) is 32.1 Å². The minimum Gasteiger partial charge on any atom is -0.462 e. The molecule has 0 atom stereocenters. The molecule has 24 heavy (non-hydrogen) atoms. The molecule has 1 fully saturated rings. The van der Waals surface area contributed by atoms with Gasteiger partial charge in [0.15, 0.2) is 0 Å². The van der Waals surface area contributed by atoms with Crippen LogP contribution in [0, 0.1) is 11.8 Å². The van der Waals surface area contributed by atoms with Crippen molar-refractivity contribution in [2.75, 3.05) is 13.2 Å². The molecule has 0 N–H and O–H groups in total. The molecule has 0 bridgehead atoms. The van der Waals surface area contributed by atoms with Crippen molar-refractivity contribution < 1.29 is 19.1 Å². The molecular weight excluding hydrogens is 304 g/mol. The predicted molar refractivity (Wildman–Crippen MR) is 93.0 cm³/mol. The van der Waals surface area contributed by atoms with Gasteiger partial charge in [-0.25, -0.2) is 9.59 Å². The summed E-state index contributed by atoms with van der Waals surface area (Å²) in [7, 11) is 0. The van der Waals surface area contributed by atoms with E-state index in [9.17, 15) is 9.59 Å². The first-order valence-electron chi connectivity index (χ1n) is 9.00. The maximum atomic E-state index is 12.2. The molecule has 0 aliphatic heterocycles. The third kappa shape index (κ3) is 5.99. The summed E-state index contributed by atoms with van der Waals surface area (Å²) >= 11 is 0. The second-order valence-corrected chi connectivity index (χ2v) is 7.00. The Morgan fingerprint density at radius 2 is 1.67 bits per heavy atom. The molecule has 132 valence electrons. The van der Waals surface area contributed by atoms with Gasteiger partial charge in [-0.15, -0.1) is 0 Å². The quantitative estimate of drug-likeness (QED) is 0.683. The van der Waals surface area contributed by atoms with Gasteiger partial charge >= 0.3 is 11.9 Å². The Morgan fingerprint density at radius 1 is 1.04 bits per heavy atom. The van der Waals surface area contributed by atoms with Crippen LogP contribution in [0.4, 0.5) is 0 Å². The maximum Gasteiger partial charge on any atom is 0.338 e. The van der Waals surface area contributed by atoms with Gasteiger partial charge in [0.25, 0.3) is 0 Å². The van der Waals surface area contributed by atoms with Gasteiger partial charge in [-0.3, -0.25) is 0 Å². The van der Waals surface area contributed by atoms with Gasteiger partial charge < -0.3 is 9.47 Å². The Labute approximate surface area is 144 Å². The fourth-order valence-corrected chi connectivity index (χ4v) is 2.98. The first-order chi connectivity index (χ1) is 11.6. The summed E-state index contributed by atoms with van der Waals surface area (Å²) in [6.45, 7) is 4.78. The van der Waals surface area contributed by atoms with Crippen molar-refractivity contribution >= 4 is 11.9 Å². The van der Waals surface area contributed by atoms with Gasteiger partial charge in [-0.05, 0) is 36.5 Å². The van der Waals surface area contributed by atoms with E-state index in [1.807, 2.05) is 13.8 Å². The number of hydrogen-bond donors (Lipinski definition) is 0. The zero-order valence-electron chi connectivity index (χ0n) is 14.8.